The smallest absolute Gasteiger partial charge is 0.242 e. The van der Waals surface area contributed by atoms with Crippen LogP contribution in [0.3, 0.4) is 0 Å². The Kier molecular flexibility index (Phi) is 5.94. The van der Waals surface area contributed by atoms with E-state index in [0.29, 0.717) is 23.1 Å². The number of benzene rings is 2. The maximum absolute atomic E-state index is 13.4. The van der Waals surface area contributed by atoms with Gasteiger partial charge in [0.05, 0.1) is 23.9 Å². The first-order valence-electron chi connectivity index (χ1n) is 9.54. The third kappa shape index (κ3) is 4.13. The van der Waals surface area contributed by atoms with Crippen molar-refractivity contribution in [3.8, 4) is 5.75 Å². The summed E-state index contributed by atoms with van der Waals surface area (Å²) in [5.41, 5.74) is 2.24. The molecule has 2 heterocycles. The molecule has 1 unspecified atom stereocenters. The zero-order valence-electron chi connectivity index (χ0n) is 16.6. The zero-order chi connectivity index (χ0) is 20.9. The Morgan fingerprint density at radius 3 is 2.70 bits per heavy atom. The van der Waals surface area contributed by atoms with E-state index < -0.39 is 5.25 Å². The minimum atomic E-state index is -0.515. The first-order valence-corrected chi connectivity index (χ1v) is 10.4. The Morgan fingerprint density at radius 2 is 1.90 bits per heavy atom. The van der Waals surface area contributed by atoms with E-state index in [1.807, 2.05) is 68.6 Å². The van der Waals surface area contributed by atoms with Crippen molar-refractivity contribution in [2.45, 2.75) is 17.2 Å². The summed E-state index contributed by atoms with van der Waals surface area (Å²) in [5, 5.41) is 8.29. The number of hydrogen-bond donors (Lipinski definition) is 1. The molecule has 1 amide bonds. The summed E-state index contributed by atoms with van der Waals surface area (Å²) in [6.07, 6.45) is 3.22. The Morgan fingerprint density at radius 1 is 1.13 bits per heavy atom. The number of carbonyl (C=O) groups is 1. The number of para-hydroxylation sites is 2. The van der Waals surface area contributed by atoms with Crippen LogP contribution in [-0.2, 0) is 11.8 Å². The molecule has 4 rings (SSSR count). The molecule has 0 spiro atoms. The molecular weight excluding hydrogens is 398 g/mol. The maximum Gasteiger partial charge on any atom is 0.242 e. The van der Waals surface area contributed by atoms with Gasteiger partial charge in [0.1, 0.15) is 22.4 Å². The second-order valence-electron chi connectivity index (χ2n) is 6.51. The van der Waals surface area contributed by atoms with E-state index in [0.717, 1.165) is 16.6 Å². The molecule has 8 heteroatoms. The van der Waals surface area contributed by atoms with Crippen LogP contribution in [0.2, 0.25) is 0 Å². The van der Waals surface area contributed by atoms with Crippen LogP contribution in [0, 0.1) is 0 Å². The molecule has 0 saturated carbocycles. The van der Waals surface area contributed by atoms with Crippen molar-refractivity contribution in [3.05, 3.63) is 72.7 Å². The van der Waals surface area contributed by atoms with Gasteiger partial charge in [0.25, 0.3) is 0 Å². The number of hydrogen-bond acceptors (Lipinski definition) is 6. The number of aromatic nitrogens is 4. The van der Waals surface area contributed by atoms with Crippen molar-refractivity contribution in [1.29, 1.82) is 0 Å². The molecule has 4 aromatic rings. The summed E-state index contributed by atoms with van der Waals surface area (Å²) in [5.74, 6) is 0.482. The van der Waals surface area contributed by atoms with Crippen LogP contribution in [0.4, 0.5) is 5.69 Å². The fourth-order valence-electron chi connectivity index (χ4n) is 3.10. The minimum absolute atomic E-state index is 0.158. The van der Waals surface area contributed by atoms with E-state index in [4.69, 9.17) is 4.74 Å². The standard InChI is InChI=1S/C22H21N5O2S/c1-3-29-18-12-8-7-11-17(18)26-21(28)19(15-9-5-4-6-10-15)30-22-16-13-25-27(2)20(16)23-14-24-22/h4-14,19H,3H2,1-2H3,(H,26,28). The first kappa shape index (κ1) is 19.9. The molecule has 0 radical (unpaired) electrons. The van der Waals surface area contributed by atoms with Crippen molar-refractivity contribution in [2.24, 2.45) is 7.05 Å². The van der Waals surface area contributed by atoms with E-state index in [-0.39, 0.29) is 5.91 Å². The number of nitrogens with zero attached hydrogens (tertiary/aromatic N) is 4. The fourth-order valence-corrected chi connectivity index (χ4v) is 4.16. The molecule has 2 aromatic carbocycles. The molecule has 0 saturated heterocycles. The molecule has 1 atom stereocenters. The lowest BCUT2D eigenvalue weighted by Gasteiger charge is -2.18. The van der Waals surface area contributed by atoms with Gasteiger partial charge in [0.2, 0.25) is 5.91 Å². The lowest BCUT2D eigenvalue weighted by Crippen LogP contribution is -2.19. The van der Waals surface area contributed by atoms with Crippen LogP contribution in [0.1, 0.15) is 17.7 Å². The summed E-state index contributed by atoms with van der Waals surface area (Å²) in [6.45, 7) is 2.43. The molecule has 0 aliphatic carbocycles. The highest BCUT2D eigenvalue weighted by Gasteiger charge is 2.25. The lowest BCUT2D eigenvalue weighted by molar-refractivity contribution is -0.115. The predicted octanol–water partition coefficient (Wildman–Crippen LogP) is 4.23. The maximum atomic E-state index is 13.4. The highest BCUT2D eigenvalue weighted by molar-refractivity contribution is 8.00. The first-order chi connectivity index (χ1) is 14.7. The predicted molar refractivity (Wildman–Crippen MR) is 118 cm³/mol. The molecule has 2 aromatic heterocycles. The van der Waals surface area contributed by atoms with Gasteiger partial charge < -0.3 is 10.1 Å². The molecule has 0 aliphatic rings. The van der Waals surface area contributed by atoms with Crippen LogP contribution >= 0.6 is 11.8 Å². The summed E-state index contributed by atoms with van der Waals surface area (Å²) >= 11 is 1.37. The molecule has 0 aliphatic heterocycles. The van der Waals surface area contributed by atoms with Gasteiger partial charge in [0.15, 0.2) is 5.65 Å². The van der Waals surface area contributed by atoms with Crippen molar-refractivity contribution >= 4 is 34.4 Å². The van der Waals surface area contributed by atoms with Crippen molar-refractivity contribution in [2.75, 3.05) is 11.9 Å². The van der Waals surface area contributed by atoms with Crippen LogP contribution < -0.4 is 10.1 Å². The van der Waals surface area contributed by atoms with Gasteiger partial charge in [-0.05, 0) is 24.6 Å². The Labute approximate surface area is 178 Å². The molecule has 7 nitrogen and oxygen atoms in total. The van der Waals surface area contributed by atoms with E-state index in [1.165, 1.54) is 18.1 Å². The summed E-state index contributed by atoms with van der Waals surface area (Å²) < 4.78 is 7.34. The van der Waals surface area contributed by atoms with Gasteiger partial charge in [-0.2, -0.15) is 5.10 Å². The third-order valence-corrected chi connectivity index (χ3v) is 5.78. The van der Waals surface area contributed by atoms with E-state index in [1.54, 1.807) is 10.9 Å². The number of rotatable bonds is 7. The number of aryl methyl sites for hydroxylation is 1. The second-order valence-corrected chi connectivity index (χ2v) is 7.61. The van der Waals surface area contributed by atoms with Gasteiger partial charge in [-0.25, -0.2) is 9.97 Å². The van der Waals surface area contributed by atoms with Crippen molar-refractivity contribution < 1.29 is 9.53 Å². The normalized spacial score (nSPS) is 11.9. The van der Waals surface area contributed by atoms with Crippen molar-refractivity contribution in [3.63, 3.8) is 0 Å². The Bertz CT molecular complexity index is 1160. The van der Waals surface area contributed by atoms with Gasteiger partial charge in [-0.15, -0.1) is 0 Å². The zero-order valence-corrected chi connectivity index (χ0v) is 17.5. The van der Waals surface area contributed by atoms with Gasteiger partial charge in [-0.1, -0.05) is 54.2 Å². The minimum Gasteiger partial charge on any atom is -0.492 e. The molecule has 1 N–H and O–H groups in total. The highest BCUT2D eigenvalue weighted by Crippen LogP contribution is 2.38. The second kappa shape index (κ2) is 8.96. The van der Waals surface area contributed by atoms with Crippen LogP contribution in [-0.4, -0.2) is 32.3 Å². The number of carbonyl (C=O) groups excluding carboxylic acids is 1. The van der Waals surface area contributed by atoms with Crippen molar-refractivity contribution in [1.82, 2.24) is 19.7 Å². The Hall–Kier alpha value is -3.39. The third-order valence-electron chi connectivity index (χ3n) is 4.51. The number of fused-ring (bicyclic) bond motifs is 1. The quantitative estimate of drug-likeness (QED) is 0.357. The summed E-state index contributed by atoms with van der Waals surface area (Å²) in [4.78, 5) is 22.1. The number of anilines is 1. The molecule has 0 fully saturated rings. The van der Waals surface area contributed by atoms with Gasteiger partial charge in [-0.3, -0.25) is 9.48 Å². The van der Waals surface area contributed by atoms with Gasteiger partial charge >= 0.3 is 0 Å². The average Bonchev–Trinajstić information content (AvgIpc) is 3.16. The van der Waals surface area contributed by atoms with Gasteiger partial charge in [0, 0.05) is 7.05 Å². The largest absolute Gasteiger partial charge is 0.492 e. The Balaban J connectivity index is 1.68. The van der Waals surface area contributed by atoms with E-state index in [9.17, 15) is 4.79 Å². The van der Waals surface area contributed by atoms with Crippen LogP contribution in [0.5, 0.6) is 5.75 Å². The molecule has 152 valence electrons. The van der Waals surface area contributed by atoms with Crippen LogP contribution in [0.25, 0.3) is 11.0 Å². The number of nitrogens with one attached hydrogen (secondary N) is 1. The fraction of sp³-hybridized carbons (Fsp3) is 0.182. The van der Waals surface area contributed by atoms with E-state index >= 15 is 0 Å². The molecule has 30 heavy (non-hydrogen) atoms. The summed E-state index contributed by atoms with van der Waals surface area (Å²) in [6, 6.07) is 17.1. The monoisotopic (exact) mass is 419 g/mol. The number of amides is 1. The topological polar surface area (TPSA) is 81.9 Å². The average molecular weight is 420 g/mol. The number of thioether (sulfide) groups is 1. The lowest BCUT2D eigenvalue weighted by atomic mass is 10.1. The number of ether oxygens (including phenoxy) is 1. The highest BCUT2D eigenvalue weighted by atomic mass is 32.2. The molecule has 0 bridgehead atoms. The molecular formula is C22H21N5O2S. The summed E-state index contributed by atoms with van der Waals surface area (Å²) in [7, 11) is 1.83. The van der Waals surface area contributed by atoms with Crippen LogP contribution in [0.15, 0.2) is 72.1 Å². The van der Waals surface area contributed by atoms with E-state index in [2.05, 4.69) is 20.4 Å². The SMILES string of the molecule is CCOc1ccccc1NC(=O)C(Sc1ncnc2c1cnn2C)c1ccccc1.